The topological polar surface area (TPSA) is 45.0 Å². The average molecular weight is 292 g/mol. The first-order valence-corrected chi connectivity index (χ1v) is 6.70. The van der Waals surface area contributed by atoms with Crippen LogP contribution in [0.2, 0.25) is 0 Å². The molecule has 0 radical (unpaired) electrons. The predicted octanol–water partition coefficient (Wildman–Crippen LogP) is 3.64. The number of thiocarbonyl (C=S) groups is 1. The van der Waals surface area contributed by atoms with Crippen molar-refractivity contribution in [2.24, 2.45) is 0 Å². The van der Waals surface area contributed by atoms with Crippen molar-refractivity contribution in [3.63, 3.8) is 0 Å². The molecule has 0 saturated heterocycles. The quantitative estimate of drug-likeness (QED) is 0.511. The van der Waals surface area contributed by atoms with Crippen LogP contribution in [0.3, 0.4) is 0 Å². The number of ether oxygens (including phenoxy) is 1. The van der Waals surface area contributed by atoms with Crippen LogP contribution in [-0.2, 0) is 4.74 Å². The molecule has 0 spiro atoms. The summed E-state index contributed by atoms with van der Waals surface area (Å²) >= 11 is 5.04. The lowest BCUT2D eigenvalue weighted by Gasteiger charge is -2.17. The molecule has 1 atom stereocenters. The molecule has 1 rings (SSSR count). The van der Waals surface area contributed by atoms with Gasteiger partial charge in [-0.2, -0.15) is 5.26 Å². The van der Waals surface area contributed by atoms with Gasteiger partial charge in [0, 0.05) is 11.7 Å². The van der Waals surface area contributed by atoms with Crippen molar-refractivity contribution in [1.82, 2.24) is 5.32 Å². The van der Waals surface area contributed by atoms with Crippen molar-refractivity contribution in [2.45, 2.75) is 26.8 Å². The number of nitrogens with zero attached hydrogens (tertiary/aromatic N) is 1. The zero-order valence-electron chi connectivity index (χ0n) is 11.7. The van der Waals surface area contributed by atoms with Gasteiger partial charge in [-0.1, -0.05) is 12.1 Å². The first-order chi connectivity index (χ1) is 9.49. The molecule has 1 unspecified atom stereocenters. The first-order valence-electron chi connectivity index (χ1n) is 6.29. The molecule has 0 fully saturated rings. The monoisotopic (exact) mass is 292 g/mol. The lowest BCUT2D eigenvalue weighted by molar-refractivity contribution is 0.337. The third kappa shape index (κ3) is 4.32. The largest absolute Gasteiger partial charge is 0.483 e. The molecule has 0 aromatic heterocycles. The van der Waals surface area contributed by atoms with E-state index in [-0.39, 0.29) is 16.9 Å². The van der Waals surface area contributed by atoms with Crippen molar-refractivity contribution in [1.29, 1.82) is 5.26 Å². The summed E-state index contributed by atoms with van der Waals surface area (Å²) in [5, 5.41) is 12.5. The molecular formula is C15H17FN2OS. The van der Waals surface area contributed by atoms with E-state index in [2.05, 4.69) is 5.32 Å². The molecule has 0 heterocycles. The number of halogens is 1. The number of allylic oxidation sites excluding steroid dienone is 1. The Bertz CT molecular complexity index is 546. The van der Waals surface area contributed by atoms with Gasteiger partial charge < -0.3 is 10.1 Å². The number of hydrogen-bond acceptors (Lipinski definition) is 4. The van der Waals surface area contributed by atoms with Gasteiger partial charge in [-0.3, -0.25) is 0 Å². The molecular weight excluding hydrogens is 275 g/mol. The third-order valence-corrected chi connectivity index (χ3v) is 3.09. The minimum atomic E-state index is -0.275. The van der Waals surface area contributed by atoms with Crippen LogP contribution in [0.15, 0.2) is 35.5 Å². The molecule has 0 bridgehead atoms. The van der Waals surface area contributed by atoms with E-state index in [0.29, 0.717) is 17.9 Å². The zero-order valence-corrected chi connectivity index (χ0v) is 12.6. The van der Waals surface area contributed by atoms with Crippen LogP contribution in [0.4, 0.5) is 4.39 Å². The predicted molar refractivity (Wildman–Crippen MR) is 80.5 cm³/mol. The molecule has 0 amide bonds. The maximum absolute atomic E-state index is 12.9. The summed E-state index contributed by atoms with van der Waals surface area (Å²) in [6.07, 6.45) is 0. The summed E-state index contributed by atoms with van der Waals surface area (Å²) in [5.74, 6) is -0.275. The van der Waals surface area contributed by atoms with Crippen LogP contribution in [0.25, 0.3) is 0 Å². The van der Waals surface area contributed by atoms with Crippen LogP contribution < -0.4 is 5.32 Å². The van der Waals surface area contributed by atoms with Crippen LogP contribution >= 0.6 is 12.2 Å². The fraction of sp³-hybridized carbons (Fsp3) is 0.333. The van der Waals surface area contributed by atoms with Gasteiger partial charge in [-0.25, -0.2) is 4.39 Å². The highest BCUT2D eigenvalue weighted by Crippen LogP contribution is 2.16. The number of benzene rings is 1. The molecule has 0 saturated carbocycles. The molecule has 1 aromatic rings. The van der Waals surface area contributed by atoms with E-state index in [0.717, 1.165) is 5.56 Å². The lowest BCUT2D eigenvalue weighted by atomic mass is 10.1. The van der Waals surface area contributed by atoms with E-state index in [9.17, 15) is 4.39 Å². The van der Waals surface area contributed by atoms with Crippen molar-refractivity contribution in [3.05, 3.63) is 46.9 Å². The molecule has 3 nitrogen and oxygen atoms in total. The van der Waals surface area contributed by atoms with E-state index >= 15 is 0 Å². The fourth-order valence-electron chi connectivity index (χ4n) is 1.72. The molecule has 1 aromatic carbocycles. The van der Waals surface area contributed by atoms with Gasteiger partial charge in [0.05, 0.1) is 6.61 Å². The summed E-state index contributed by atoms with van der Waals surface area (Å²) < 4.78 is 18.1. The van der Waals surface area contributed by atoms with E-state index < -0.39 is 0 Å². The Morgan fingerprint density at radius 3 is 2.55 bits per heavy atom. The Morgan fingerprint density at radius 1 is 1.45 bits per heavy atom. The maximum Gasteiger partial charge on any atom is 0.203 e. The summed E-state index contributed by atoms with van der Waals surface area (Å²) in [6, 6.07) is 8.19. The third-order valence-electron chi connectivity index (χ3n) is 2.77. The Labute approximate surface area is 124 Å². The average Bonchev–Trinajstić information content (AvgIpc) is 2.40. The minimum absolute atomic E-state index is 0.0663. The van der Waals surface area contributed by atoms with Crippen LogP contribution in [-0.4, -0.2) is 11.7 Å². The van der Waals surface area contributed by atoms with E-state index in [1.807, 2.05) is 19.9 Å². The van der Waals surface area contributed by atoms with E-state index in [1.165, 1.54) is 12.1 Å². The number of rotatable bonds is 5. The Hall–Kier alpha value is -1.93. The van der Waals surface area contributed by atoms with Gasteiger partial charge in [0.1, 0.15) is 17.5 Å². The summed E-state index contributed by atoms with van der Waals surface area (Å²) in [5.41, 5.74) is 1.88. The minimum Gasteiger partial charge on any atom is -0.483 e. The summed E-state index contributed by atoms with van der Waals surface area (Å²) in [6.45, 7) is 5.93. The van der Waals surface area contributed by atoms with Gasteiger partial charge in [-0.15, -0.1) is 0 Å². The highest BCUT2D eigenvalue weighted by molar-refractivity contribution is 7.80. The normalized spacial score (nSPS) is 12.9. The Kier molecular flexibility index (Phi) is 6.13. The van der Waals surface area contributed by atoms with Crippen molar-refractivity contribution < 1.29 is 9.13 Å². The molecule has 106 valence electrons. The summed E-state index contributed by atoms with van der Waals surface area (Å²) in [4.78, 5) is 0. The number of nitrogens with one attached hydrogen (secondary N) is 1. The van der Waals surface area contributed by atoms with E-state index in [1.54, 1.807) is 19.1 Å². The second kappa shape index (κ2) is 7.61. The molecule has 5 heteroatoms. The molecule has 0 aliphatic carbocycles. The van der Waals surface area contributed by atoms with Crippen LogP contribution in [0.5, 0.6) is 0 Å². The molecule has 20 heavy (non-hydrogen) atoms. The fourth-order valence-corrected chi connectivity index (χ4v) is 2.03. The van der Waals surface area contributed by atoms with Crippen molar-refractivity contribution in [2.75, 3.05) is 6.61 Å². The van der Waals surface area contributed by atoms with Gasteiger partial charge in [-0.05, 0) is 50.7 Å². The first kappa shape index (κ1) is 16.1. The standard InChI is InChI=1S/C15H17FN2OS/c1-4-19-15(20)14(9-17)11(3)18-10(2)12-5-7-13(16)8-6-12/h5-8,10,18H,4H2,1-3H3. The van der Waals surface area contributed by atoms with Crippen LogP contribution in [0.1, 0.15) is 32.4 Å². The van der Waals surface area contributed by atoms with Gasteiger partial charge in [0.2, 0.25) is 5.05 Å². The number of hydrogen-bond donors (Lipinski definition) is 1. The highest BCUT2D eigenvalue weighted by Gasteiger charge is 2.12. The second-order valence-corrected chi connectivity index (χ2v) is 4.62. The SMILES string of the molecule is CCOC(=S)C(C#N)=C(C)NC(C)c1ccc(F)cc1. The van der Waals surface area contributed by atoms with E-state index in [4.69, 9.17) is 22.2 Å². The smallest absolute Gasteiger partial charge is 0.203 e. The Morgan fingerprint density at radius 2 is 2.05 bits per heavy atom. The highest BCUT2D eigenvalue weighted by atomic mass is 32.1. The molecule has 0 aliphatic heterocycles. The molecule has 0 aliphatic rings. The van der Waals surface area contributed by atoms with Crippen molar-refractivity contribution in [3.8, 4) is 6.07 Å². The molecule has 1 N–H and O–H groups in total. The second-order valence-electron chi connectivity index (χ2n) is 4.25. The van der Waals surface area contributed by atoms with Crippen LogP contribution in [0, 0.1) is 17.1 Å². The van der Waals surface area contributed by atoms with Gasteiger partial charge in [0.25, 0.3) is 0 Å². The summed E-state index contributed by atoms with van der Waals surface area (Å²) in [7, 11) is 0. The Balaban J connectivity index is 2.87. The zero-order chi connectivity index (χ0) is 15.1. The van der Waals surface area contributed by atoms with Gasteiger partial charge in [0.15, 0.2) is 0 Å². The maximum atomic E-state index is 12.9. The van der Waals surface area contributed by atoms with Gasteiger partial charge >= 0.3 is 0 Å². The van der Waals surface area contributed by atoms with Crippen molar-refractivity contribution >= 4 is 17.3 Å². The lowest BCUT2D eigenvalue weighted by Crippen LogP contribution is -2.20. The number of nitriles is 1.